The van der Waals surface area contributed by atoms with E-state index in [0.717, 1.165) is 62.3 Å². The van der Waals surface area contributed by atoms with Gasteiger partial charge in [0.1, 0.15) is 12.3 Å². The summed E-state index contributed by atoms with van der Waals surface area (Å²) in [6.07, 6.45) is 5.53. The molecular weight excluding hydrogens is 344 g/mol. The van der Waals surface area contributed by atoms with Crippen LogP contribution in [0, 0.1) is 5.92 Å². The molecule has 2 N–H and O–H groups in total. The van der Waals surface area contributed by atoms with Crippen LogP contribution in [0.2, 0.25) is 0 Å². The minimum atomic E-state index is 0.447. The second kappa shape index (κ2) is 8.68. The van der Waals surface area contributed by atoms with E-state index in [9.17, 15) is 0 Å². The zero-order valence-electron chi connectivity index (χ0n) is 15.2. The van der Waals surface area contributed by atoms with Gasteiger partial charge in [-0.25, -0.2) is 4.99 Å². The van der Waals surface area contributed by atoms with Gasteiger partial charge in [-0.15, -0.1) is 10.2 Å². The third-order valence-corrected chi connectivity index (χ3v) is 4.59. The molecule has 0 radical (unpaired) electrons. The van der Waals surface area contributed by atoms with E-state index in [1.54, 1.807) is 6.26 Å². The van der Waals surface area contributed by atoms with E-state index in [1.165, 1.54) is 0 Å². The van der Waals surface area contributed by atoms with Gasteiger partial charge in [0.15, 0.2) is 17.4 Å². The van der Waals surface area contributed by atoms with E-state index in [-0.39, 0.29) is 0 Å². The molecule has 142 valence electrons. The standard InChI is InChI=1S/C19H24N6O2/c1-2-9-25-17(5-1)23-24-18(25)13-22-19(21-12-15-7-11-26-14-15)20-8-6-16-4-3-10-27-16/h1-5,9-10,15H,6-8,11-14H2,(H2,20,21,22). The molecule has 1 aliphatic heterocycles. The van der Waals surface area contributed by atoms with Crippen LogP contribution in [0.4, 0.5) is 0 Å². The van der Waals surface area contributed by atoms with E-state index >= 15 is 0 Å². The van der Waals surface area contributed by atoms with Crippen molar-refractivity contribution in [3.63, 3.8) is 0 Å². The molecular formula is C19H24N6O2. The van der Waals surface area contributed by atoms with Crippen molar-refractivity contribution in [2.24, 2.45) is 10.9 Å². The number of hydrogen-bond acceptors (Lipinski definition) is 5. The van der Waals surface area contributed by atoms with Gasteiger partial charge in [-0.2, -0.15) is 0 Å². The van der Waals surface area contributed by atoms with Gasteiger partial charge in [0.25, 0.3) is 0 Å². The second-order valence-corrected chi connectivity index (χ2v) is 6.58. The van der Waals surface area contributed by atoms with Crippen LogP contribution in [0.15, 0.2) is 52.2 Å². The Labute approximate surface area is 157 Å². The fourth-order valence-electron chi connectivity index (χ4n) is 3.07. The Balaban J connectivity index is 1.39. The average Bonchev–Trinajstić information content (AvgIpc) is 3.46. The summed E-state index contributed by atoms with van der Waals surface area (Å²) in [6.45, 7) is 3.68. The molecule has 4 rings (SSSR count). The number of fused-ring (bicyclic) bond motifs is 1. The van der Waals surface area contributed by atoms with Crippen LogP contribution >= 0.6 is 0 Å². The zero-order chi connectivity index (χ0) is 18.3. The van der Waals surface area contributed by atoms with E-state index in [2.05, 4.69) is 20.8 Å². The number of hydrogen-bond donors (Lipinski definition) is 2. The predicted octanol–water partition coefficient (Wildman–Crippen LogP) is 1.64. The summed E-state index contributed by atoms with van der Waals surface area (Å²) >= 11 is 0. The van der Waals surface area contributed by atoms with Crippen LogP contribution in [-0.4, -0.2) is 46.9 Å². The molecule has 1 aliphatic rings. The first kappa shape index (κ1) is 17.5. The van der Waals surface area contributed by atoms with Crippen LogP contribution in [0.3, 0.4) is 0 Å². The lowest BCUT2D eigenvalue weighted by molar-refractivity contribution is 0.186. The SMILES string of the molecule is c1coc(CCNC(=NCc2nnc3ccccn23)NCC2CCOC2)c1. The molecule has 8 nitrogen and oxygen atoms in total. The summed E-state index contributed by atoms with van der Waals surface area (Å²) in [7, 11) is 0. The van der Waals surface area contributed by atoms with Crippen molar-refractivity contribution < 1.29 is 9.15 Å². The lowest BCUT2D eigenvalue weighted by atomic mass is 10.1. The highest BCUT2D eigenvalue weighted by Gasteiger charge is 2.16. The quantitative estimate of drug-likeness (QED) is 0.487. The number of pyridine rings is 1. The van der Waals surface area contributed by atoms with Crippen LogP contribution in [0.1, 0.15) is 18.0 Å². The first-order chi connectivity index (χ1) is 13.4. The second-order valence-electron chi connectivity index (χ2n) is 6.58. The average molecular weight is 368 g/mol. The van der Waals surface area contributed by atoms with Crippen molar-refractivity contribution in [3.8, 4) is 0 Å². The molecule has 0 spiro atoms. The minimum Gasteiger partial charge on any atom is -0.469 e. The Bertz CT molecular complexity index is 867. The molecule has 1 saturated heterocycles. The van der Waals surface area contributed by atoms with Crippen LogP contribution in [-0.2, 0) is 17.7 Å². The number of guanidine groups is 1. The maximum atomic E-state index is 5.45. The van der Waals surface area contributed by atoms with Crippen molar-refractivity contribution in [1.82, 2.24) is 25.2 Å². The highest BCUT2D eigenvalue weighted by atomic mass is 16.5. The molecule has 1 fully saturated rings. The molecule has 0 amide bonds. The highest BCUT2D eigenvalue weighted by molar-refractivity contribution is 5.79. The Hall–Kier alpha value is -2.87. The molecule has 3 aromatic heterocycles. The van der Waals surface area contributed by atoms with Gasteiger partial charge < -0.3 is 19.8 Å². The zero-order valence-corrected chi connectivity index (χ0v) is 15.2. The molecule has 0 aliphatic carbocycles. The van der Waals surface area contributed by atoms with Crippen LogP contribution in [0.25, 0.3) is 5.65 Å². The van der Waals surface area contributed by atoms with Crippen molar-refractivity contribution in [2.75, 3.05) is 26.3 Å². The molecule has 8 heteroatoms. The van der Waals surface area contributed by atoms with Gasteiger partial charge >= 0.3 is 0 Å². The maximum absolute atomic E-state index is 5.45. The van der Waals surface area contributed by atoms with E-state index in [4.69, 9.17) is 14.1 Å². The number of aromatic nitrogens is 3. The number of furan rings is 1. The minimum absolute atomic E-state index is 0.447. The third kappa shape index (κ3) is 4.65. The van der Waals surface area contributed by atoms with Gasteiger partial charge in [-0.05, 0) is 30.7 Å². The Kier molecular flexibility index (Phi) is 5.64. The van der Waals surface area contributed by atoms with E-state index < -0.39 is 0 Å². The Morgan fingerprint density at radius 1 is 1.22 bits per heavy atom. The summed E-state index contributed by atoms with van der Waals surface area (Å²) in [4.78, 5) is 4.70. The third-order valence-electron chi connectivity index (χ3n) is 4.59. The van der Waals surface area contributed by atoms with Gasteiger partial charge in [0.2, 0.25) is 0 Å². The van der Waals surface area contributed by atoms with Gasteiger partial charge in [-0.1, -0.05) is 6.07 Å². The van der Waals surface area contributed by atoms with Crippen LogP contribution < -0.4 is 10.6 Å². The summed E-state index contributed by atoms with van der Waals surface area (Å²) in [5, 5.41) is 15.2. The summed E-state index contributed by atoms with van der Waals surface area (Å²) in [5.74, 6) is 3.05. The number of ether oxygens (including phenoxy) is 1. The van der Waals surface area contributed by atoms with Gasteiger partial charge in [-0.3, -0.25) is 4.40 Å². The lowest BCUT2D eigenvalue weighted by Gasteiger charge is -2.14. The predicted molar refractivity (Wildman–Crippen MR) is 101 cm³/mol. The first-order valence-corrected chi connectivity index (χ1v) is 9.29. The smallest absolute Gasteiger partial charge is 0.191 e. The van der Waals surface area contributed by atoms with Crippen LogP contribution in [0.5, 0.6) is 0 Å². The van der Waals surface area contributed by atoms with Crippen molar-refractivity contribution in [1.29, 1.82) is 0 Å². The summed E-state index contributed by atoms with van der Waals surface area (Å²) in [5.41, 5.74) is 0.825. The normalized spacial score (nSPS) is 17.5. The summed E-state index contributed by atoms with van der Waals surface area (Å²) < 4.78 is 12.8. The Morgan fingerprint density at radius 2 is 2.22 bits per heavy atom. The number of aliphatic imine (C=N–C) groups is 1. The number of nitrogens with one attached hydrogen (secondary N) is 2. The highest BCUT2D eigenvalue weighted by Crippen LogP contribution is 2.10. The molecule has 1 atom stereocenters. The molecule has 1 unspecified atom stereocenters. The number of rotatable bonds is 7. The monoisotopic (exact) mass is 368 g/mol. The molecule has 0 saturated carbocycles. The molecule has 3 aromatic rings. The molecule has 4 heterocycles. The Morgan fingerprint density at radius 3 is 3.07 bits per heavy atom. The fourth-order valence-corrected chi connectivity index (χ4v) is 3.07. The fraction of sp³-hybridized carbons (Fsp3) is 0.421. The van der Waals surface area contributed by atoms with E-state index in [0.29, 0.717) is 12.5 Å². The topological polar surface area (TPSA) is 89.0 Å². The molecule has 0 aromatic carbocycles. The van der Waals surface area contributed by atoms with Crippen molar-refractivity contribution >= 4 is 11.6 Å². The lowest BCUT2D eigenvalue weighted by Crippen LogP contribution is -2.41. The molecule has 0 bridgehead atoms. The van der Waals surface area contributed by atoms with Crippen molar-refractivity contribution in [3.05, 3.63) is 54.4 Å². The first-order valence-electron chi connectivity index (χ1n) is 9.29. The number of nitrogens with zero attached hydrogens (tertiary/aromatic N) is 4. The van der Waals surface area contributed by atoms with Crippen molar-refractivity contribution in [2.45, 2.75) is 19.4 Å². The summed E-state index contributed by atoms with van der Waals surface area (Å²) in [6, 6.07) is 9.72. The van der Waals surface area contributed by atoms with Gasteiger partial charge in [0.05, 0.1) is 12.9 Å². The largest absolute Gasteiger partial charge is 0.469 e. The van der Waals surface area contributed by atoms with Gasteiger partial charge in [0, 0.05) is 38.2 Å². The van der Waals surface area contributed by atoms with E-state index in [1.807, 2.05) is 40.9 Å². The maximum Gasteiger partial charge on any atom is 0.191 e. The molecule has 27 heavy (non-hydrogen) atoms.